The largest absolute Gasteiger partial charge is 0.136 e. The molecule has 0 aromatic rings. The van der Waals surface area contributed by atoms with Gasteiger partial charge in [-0.15, -0.1) is 4.84 Å². The molecule has 1 aliphatic rings. The molecule has 0 aromatic heterocycles. The Hall–Kier alpha value is 0.250. The van der Waals surface area contributed by atoms with Gasteiger partial charge in [0.25, 0.3) is 0 Å². The van der Waals surface area contributed by atoms with Gasteiger partial charge in [-0.25, -0.2) is 0 Å². The molecule has 1 rings (SSSR count). The molecule has 1 radical (unpaired) electrons. The van der Waals surface area contributed by atoms with Crippen LogP contribution in [0.3, 0.4) is 0 Å². The Balaban J connectivity index is 2.14. The highest BCUT2D eigenvalue weighted by Crippen LogP contribution is 2.18. The molecule has 0 atom stereocenters. The summed E-state index contributed by atoms with van der Waals surface area (Å²) in [6.45, 7) is 0. The van der Waals surface area contributed by atoms with E-state index in [9.17, 15) is 0 Å². The van der Waals surface area contributed by atoms with Crippen molar-refractivity contribution in [2.75, 3.05) is 0 Å². The molecule has 41 valence electrons. The highest BCUT2D eigenvalue weighted by atomic mass is 35.5. The number of halogens is 1. The monoisotopic (exact) mass is 118 g/mol. The molecule has 0 amide bonds. The second-order valence-electron chi connectivity index (χ2n) is 2.04. The van der Waals surface area contributed by atoms with Gasteiger partial charge >= 0.3 is 0 Å². The molecule has 0 N–H and O–H groups in total. The highest BCUT2D eigenvalue weighted by molar-refractivity contribution is 6.13. The summed E-state index contributed by atoms with van der Waals surface area (Å²) in [7, 11) is 0. The van der Waals surface area contributed by atoms with Crippen molar-refractivity contribution >= 4 is 11.8 Å². The third-order valence-electron chi connectivity index (χ3n) is 1.46. The van der Waals surface area contributed by atoms with Gasteiger partial charge < -0.3 is 0 Å². The Morgan fingerprint density at radius 2 is 1.86 bits per heavy atom. The van der Waals surface area contributed by atoms with Crippen LogP contribution in [0, 0.1) is 0 Å². The van der Waals surface area contributed by atoms with Crippen molar-refractivity contribution in [3.8, 4) is 0 Å². The summed E-state index contributed by atoms with van der Waals surface area (Å²) < 4.78 is 0. The van der Waals surface area contributed by atoms with E-state index < -0.39 is 0 Å². The number of hydrogen-bond acceptors (Lipinski definition) is 0. The first-order valence-electron chi connectivity index (χ1n) is 2.74. The maximum Gasteiger partial charge on any atom is 0.0423 e. The Morgan fingerprint density at radius 3 is 2.14 bits per heavy atom. The number of nitrogens with zero attached hydrogens (tertiary/aromatic N) is 1. The summed E-state index contributed by atoms with van der Waals surface area (Å²) in [6.07, 6.45) is 5.06. The molecular formula is C5H9ClN. The lowest BCUT2D eigenvalue weighted by Gasteiger charge is -1.97. The quantitative estimate of drug-likeness (QED) is 0.498. The van der Waals surface area contributed by atoms with Gasteiger partial charge in [-0.05, 0) is 24.6 Å². The zero-order chi connectivity index (χ0) is 5.11. The lowest BCUT2D eigenvalue weighted by Crippen LogP contribution is -2.07. The molecule has 1 fully saturated rings. The Labute approximate surface area is 49.2 Å². The van der Waals surface area contributed by atoms with Crippen LogP contribution in [0.25, 0.3) is 0 Å². The fraction of sp³-hybridized carbons (Fsp3) is 1.00. The van der Waals surface area contributed by atoms with Gasteiger partial charge in [0.2, 0.25) is 0 Å². The van der Waals surface area contributed by atoms with Gasteiger partial charge in [-0.1, -0.05) is 12.8 Å². The minimum atomic E-state index is 0.488. The molecular weight excluding hydrogens is 110 g/mol. The summed E-state index contributed by atoms with van der Waals surface area (Å²) in [5.41, 5.74) is 0. The van der Waals surface area contributed by atoms with E-state index >= 15 is 0 Å². The normalized spacial score (nSPS) is 23.6. The summed E-state index contributed by atoms with van der Waals surface area (Å²) in [4.78, 5) is 3.66. The van der Waals surface area contributed by atoms with E-state index in [1.54, 1.807) is 0 Å². The first-order chi connectivity index (χ1) is 3.43. The van der Waals surface area contributed by atoms with Crippen molar-refractivity contribution in [2.24, 2.45) is 0 Å². The Bertz CT molecular complexity index is 50.0. The fourth-order valence-corrected chi connectivity index (χ4v) is 1.20. The van der Waals surface area contributed by atoms with Gasteiger partial charge in [-0.2, -0.15) is 0 Å². The van der Waals surface area contributed by atoms with Crippen LogP contribution in [-0.2, 0) is 0 Å². The maximum absolute atomic E-state index is 5.23. The zero-order valence-electron chi connectivity index (χ0n) is 4.23. The van der Waals surface area contributed by atoms with Crippen LogP contribution in [0.1, 0.15) is 25.7 Å². The molecule has 0 unspecified atom stereocenters. The average molecular weight is 119 g/mol. The fourth-order valence-electron chi connectivity index (χ4n) is 1.00. The summed E-state index contributed by atoms with van der Waals surface area (Å²) >= 11 is 5.23. The molecule has 0 bridgehead atoms. The molecule has 7 heavy (non-hydrogen) atoms. The Morgan fingerprint density at radius 1 is 1.29 bits per heavy atom. The molecule has 0 spiro atoms. The first-order valence-corrected chi connectivity index (χ1v) is 3.08. The molecule has 1 aliphatic carbocycles. The van der Waals surface area contributed by atoms with Gasteiger partial charge in [0.05, 0.1) is 0 Å². The molecule has 0 aromatic carbocycles. The minimum Gasteiger partial charge on any atom is -0.136 e. The molecule has 1 saturated carbocycles. The number of hydrogen-bond donors (Lipinski definition) is 0. The van der Waals surface area contributed by atoms with Gasteiger partial charge in [-0.3, -0.25) is 0 Å². The standard InChI is InChI=1S/C5H9ClN/c6-7-5-3-1-2-4-5/h5H,1-4H2. The van der Waals surface area contributed by atoms with Crippen LogP contribution < -0.4 is 4.84 Å². The van der Waals surface area contributed by atoms with E-state index in [1.165, 1.54) is 25.7 Å². The van der Waals surface area contributed by atoms with Crippen LogP contribution in [0.5, 0.6) is 0 Å². The van der Waals surface area contributed by atoms with Crippen LogP contribution in [0.15, 0.2) is 0 Å². The molecule has 1 nitrogen and oxygen atoms in total. The molecule has 0 saturated heterocycles. The third-order valence-corrected chi connectivity index (χ3v) is 1.74. The van der Waals surface area contributed by atoms with E-state index in [0.29, 0.717) is 6.04 Å². The van der Waals surface area contributed by atoms with Crippen LogP contribution >= 0.6 is 11.8 Å². The van der Waals surface area contributed by atoms with Crippen molar-refractivity contribution in [3.05, 3.63) is 0 Å². The second kappa shape index (κ2) is 2.53. The van der Waals surface area contributed by atoms with Crippen LogP contribution in [0.4, 0.5) is 0 Å². The predicted octanol–water partition coefficient (Wildman–Crippen LogP) is 1.69. The predicted molar refractivity (Wildman–Crippen MR) is 30.2 cm³/mol. The molecule has 0 aliphatic heterocycles. The average Bonchev–Trinajstić information content (AvgIpc) is 2.14. The van der Waals surface area contributed by atoms with E-state index in [0.717, 1.165) is 0 Å². The van der Waals surface area contributed by atoms with Crippen molar-refractivity contribution in [2.45, 2.75) is 31.7 Å². The summed E-state index contributed by atoms with van der Waals surface area (Å²) in [6, 6.07) is 0.488. The summed E-state index contributed by atoms with van der Waals surface area (Å²) in [5.74, 6) is 0. The van der Waals surface area contributed by atoms with Crippen LogP contribution in [0.2, 0.25) is 0 Å². The topological polar surface area (TPSA) is 14.1 Å². The van der Waals surface area contributed by atoms with Gasteiger partial charge in [0, 0.05) is 6.04 Å². The molecule has 0 heterocycles. The van der Waals surface area contributed by atoms with Crippen LogP contribution in [-0.4, -0.2) is 6.04 Å². The van der Waals surface area contributed by atoms with E-state index in [4.69, 9.17) is 11.8 Å². The Kier molecular flexibility index (Phi) is 1.95. The number of rotatable bonds is 1. The molecule has 2 heteroatoms. The van der Waals surface area contributed by atoms with Crippen molar-refractivity contribution in [1.82, 2.24) is 4.84 Å². The lowest BCUT2D eigenvalue weighted by molar-refractivity contribution is 0.642. The van der Waals surface area contributed by atoms with Gasteiger partial charge in [0.1, 0.15) is 0 Å². The van der Waals surface area contributed by atoms with E-state index in [1.807, 2.05) is 0 Å². The maximum atomic E-state index is 5.23. The van der Waals surface area contributed by atoms with Crippen molar-refractivity contribution in [3.63, 3.8) is 0 Å². The summed E-state index contributed by atoms with van der Waals surface area (Å²) in [5, 5.41) is 0. The zero-order valence-corrected chi connectivity index (χ0v) is 4.99. The smallest absolute Gasteiger partial charge is 0.0423 e. The third kappa shape index (κ3) is 1.32. The minimum absolute atomic E-state index is 0.488. The highest BCUT2D eigenvalue weighted by Gasteiger charge is 2.13. The second-order valence-corrected chi connectivity index (χ2v) is 2.23. The van der Waals surface area contributed by atoms with Crippen molar-refractivity contribution < 1.29 is 0 Å². The lowest BCUT2D eigenvalue weighted by atomic mass is 10.3. The first kappa shape index (κ1) is 5.39. The SMILES string of the molecule is Cl[N]C1CCCC1. The van der Waals surface area contributed by atoms with E-state index in [-0.39, 0.29) is 0 Å². The van der Waals surface area contributed by atoms with E-state index in [2.05, 4.69) is 4.84 Å². The van der Waals surface area contributed by atoms with Crippen molar-refractivity contribution in [1.29, 1.82) is 0 Å². The van der Waals surface area contributed by atoms with Gasteiger partial charge in [0.15, 0.2) is 0 Å².